The van der Waals surface area contributed by atoms with Gasteiger partial charge in [-0.25, -0.2) is 0 Å². The molecule has 1 aliphatic heterocycles. The lowest BCUT2D eigenvalue weighted by molar-refractivity contribution is -0.121. The Morgan fingerprint density at radius 2 is 2.50 bits per heavy atom. The van der Waals surface area contributed by atoms with Crippen LogP contribution in [0, 0.1) is 5.92 Å². The van der Waals surface area contributed by atoms with E-state index in [9.17, 15) is 4.79 Å². The molecule has 5 nitrogen and oxygen atoms in total. The Hall–Kier alpha value is -1.07. The molecule has 0 aromatic carbocycles. The van der Waals surface area contributed by atoms with Crippen molar-refractivity contribution < 1.29 is 4.79 Å². The van der Waals surface area contributed by atoms with Gasteiger partial charge in [0.05, 0.1) is 12.2 Å². The van der Waals surface area contributed by atoms with Crippen LogP contribution in [0.4, 0.5) is 0 Å². The number of halogens is 1. The minimum atomic E-state index is 0. The predicted octanol–water partition coefficient (Wildman–Crippen LogP) is 0.848. The second-order valence-electron chi connectivity index (χ2n) is 4.62. The van der Waals surface area contributed by atoms with Gasteiger partial charge in [-0.2, -0.15) is 5.10 Å². The van der Waals surface area contributed by atoms with Crippen LogP contribution in [-0.4, -0.2) is 28.8 Å². The Balaban J connectivity index is 0.00000162. The minimum absolute atomic E-state index is 0. The maximum Gasteiger partial charge on any atom is 0.220 e. The first-order valence-electron chi connectivity index (χ1n) is 6.20. The largest absolute Gasteiger partial charge is 0.350 e. The monoisotopic (exact) mass is 272 g/mol. The van der Waals surface area contributed by atoms with E-state index in [0.29, 0.717) is 18.9 Å². The summed E-state index contributed by atoms with van der Waals surface area (Å²) in [7, 11) is 1.88. The summed E-state index contributed by atoms with van der Waals surface area (Å²) in [4.78, 5) is 11.6. The molecule has 2 heterocycles. The summed E-state index contributed by atoms with van der Waals surface area (Å²) in [6, 6.07) is 1.92. The van der Waals surface area contributed by atoms with Crippen molar-refractivity contribution in [3.05, 3.63) is 18.0 Å². The van der Waals surface area contributed by atoms with Crippen molar-refractivity contribution in [2.45, 2.75) is 25.8 Å². The molecule has 1 fully saturated rings. The summed E-state index contributed by atoms with van der Waals surface area (Å²) in [6.45, 7) is 2.73. The SMILES string of the molecule is Cl.Cn1nccc1CNC(=O)CCC1CCNC1. The van der Waals surface area contributed by atoms with E-state index in [4.69, 9.17) is 0 Å². The van der Waals surface area contributed by atoms with E-state index in [1.54, 1.807) is 10.9 Å². The standard InChI is InChI=1S/C12H20N4O.ClH/c1-16-11(5-7-15-16)9-14-12(17)3-2-10-4-6-13-8-10;/h5,7,10,13H,2-4,6,8-9H2,1H3,(H,14,17);1H. The van der Waals surface area contributed by atoms with Gasteiger partial charge in [0.2, 0.25) is 5.91 Å². The number of aryl methyl sites for hydroxylation is 1. The van der Waals surface area contributed by atoms with Crippen molar-refractivity contribution in [1.82, 2.24) is 20.4 Å². The van der Waals surface area contributed by atoms with Gasteiger partial charge in [0.1, 0.15) is 0 Å². The molecule has 102 valence electrons. The van der Waals surface area contributed by atoms with Gasteiger partial charge in [-0.3, -0.25) is 9.48 Å². The number of carbonyl (C=O) groups excluding carboxylic acids is 1. The topological polar surface area (TPSA) is 59.0 Å². The maximum atomic E-state index is 11.6. The van der Waals surface area contributed by atoms with E-state index in [-0.39, 0.29) is 18.3 Å². The number of amides is 1. The second-order valence-corrected chi connectivity index (χ2v) is 4.62. The van der Waals surface area contributed by atoms with E-state index in [2.05, 4.69) is 15.7 Å². The highest BCUT2D eigenvalue weighted by atomic mass is 35.5. The molecule has 1 aliphatic rings. The van der Waals surface area contributed by atoms with Crippen LogP contribution in [0.25, 0.3) is 0 Å². The van der Waals surface area contributed by atoms with Crippen LogP contribution in [0.2, 0.25) is 0 Å². The van der Waals surface area contributed by atoms with Crippen molar-refractivity contribution in [1.29, 1.82) is 0 Å². The van der Waals surface area contributed by atoms with Crippen molar-refractivity contribution >= 4 is 18.3 Å². The Bertz CT molecular complexity index is 374. The number of hydrogen-bond donors (Lipinski definition) is 2. The number of nitrogens with one attached hydrogen (secondary N) is 2. The van der Waals surface area contributed by atoms with Gasteiger partial charge >= 0.3 is 0 Å². The molecule has 1 amide bonds. The molecular weight excluding hydrogens is 252 g/mol. The first-order valence-corrected chi connectivity index (χ1v) is 6.20. The molecule has 6 heteroatoms. The molecule has 18 heavy (non-hydrogen) atoms. The Morgan fingerprint density at radius 1 is 1.67 bits per heavy atom. The minimum Gasteiger partial charge on any atom is -0.350 e. The van der Waals surface area contributed by atoms with Crippen LogP contribution in [0.3, 0.4) is 0 Å². The van der Waals surface area contributed by atoms with E-state index >= 15 is 0 Å². The highest BCUT2D eigenvalue weighted by Gasteiger charge is 2.15. The lowest BCUT2D eigenvalue weighted by Crippen LogP contribution is -2.24. The summed E-state index contributed by atoms with van der Waals surface area (Å²) in [5, 5.41) is 10.3. The second kappa shape index (κ2) is 7.38. The highest BCUT2D eigenvalue weighted by Crippen LogP contribution is 2.13. The average Bonchev–Trinajstić information content (AvgIpc) is 2.95. The van der Waals surface area contributed by atoms with Gasteiger partial charge in [0, 0.05) is 19.7 Å². The van der Waals surface area contributed by atoms with Crippen LogP contribution < -0.4 is 10.6 Å². The smallest absolute Gasteiger partial charge is 0.220 e. The molecule has 0 spiro atoms. The Labute approximate surface area is 114 Å². The number of nitrogens with zero attached hydrogens (tertiary/aromatic N) is 2. The third-order valence-electron chi connectivity index (χ3n) is 3.33. The van der Waals surface area contributed by atoms with Crippen LogP contribution >= 0.6 is 12.4 Å². The predicted molar refractivity (Wildman–Crippen MR) is 72.5 cm³/mol. The Kier molecular flexibility index (Phi) is 6.15. The van der Waals surface area contributed by atoms with E-state index in [0.717, 1.165) is 25.2 Å². The highest BCUT2D eigenvalue weighted by molar-refractivity contribution is 5.85. The van der Waals surface area contributed by atoms with E-state index in [1.807, 2.05) is 13.1 Å². The van der Waals surface area contributed by atoms with Gasteiger partial charge in [-0.05, 0) is 37.9 Å². The van der Waals surface area contributed by atoms with Crippen LogP contribution in [-0.2, 0) is 18.4 Å². The summed E-state index contributed by atoms with van der Waals surface area (Å²) in [5.41, 5.74) is 1.03. The lowest BCUT2D eigenvalue weighted by atomic mass is 10.0. The zero-order valence-corrected chi connectivity index (χ0v) is 11.5. The summed E-state index contributed by atoms with van der Waals surface area (Å²) >= 11 is 0. The molecule has 0 aliphatic carbocycles. The molecule has 2 rings (SSSR count). The zero-order valence-electron chi connectivity index (χ0n) is 10.7. The number of aromatic nitrogens is 2. The molecule has 1 aromatic rings. The summed E-state index contributed by atoms with van der Waals surface area (Å²) < 4.78 is 1.78. The van der Waals surface area contributed by atoms with Gasteiger partial charge < -0.3 is 10.6 Å². The fraction of sp³-hybridized carbons (Fsp3) is 0.667. The van der Waals surface area contributed by atoms with Gasteiger partial charge in [0.15, 0.2) is 0 Å². The zero-order chi connectivity index (χ0) is 12.1. The molecular formula is C12H21ClN4O. The fourth-order valence-electron chi connectivity index (χ4n) is 2.15. The third-order valence-corrected chi connectivity index (χ3v) is 3.33. The maximum absolute atomic E-state index is 11.6. The molecule has 0 saturated carbocycles. The first kappa shape index (κ1) is 15.0. The van der Waals surface area contributed by atoms with Gasteiger partial charge in [-0.1, -0.05) is 0 Å². The lowest BCUT2D eigenvalue weighted by Gasteiger charge is -2.08. The van der Waals surface area contributed by atoms with Crippen molar-refractivity contribution in [3.8, 4) is 0 Å². The molecule has 1 unspecified atom stereocenters. The summed E-state index contributed by atoms with van der Waals surface area (Å²) in [5.74, 6) is 0.815. The molecule has 1 saturated heterocycles. The Morgan fingerprint density at radius 3 is 3.11 bits per heavy atom. The quantitative estimate of drug-likeness (QED) is 0.835. The van der Waals surface area contributed by atoms with Crippen LogP contribution in [0.5, 0.6) is 0 Å². The summed E-state index contributed by atoms with van der Waals surface area (Å²) in [6.07, 6.45) is 4.56. The normalized spacial score (nSPS) is 18.4. The van der Waals surface area contributed by atoms with E-state index < -0.39 is 0 Å². The fourth-order valence-corrected chi connectivity index (χ4v) is 2.15. The van der Waals surface area contributed by atoms with Crippen LogP contribution in [0.15, 0.2) is 12.3 Å². The van der Waals surface area contributed by atoms with E-state index in [1.165, 1.54) is 6.42 Å². The molecule has 0 bridgehead atoms. The van der Waals surface area contributed by atoms with Crippen molar-refractivity contribution in [2.24, 2.45) is 13.0 Å². The van der Waals surface area contributed by atoms with Crippen LogP contribution in [0.1, 0.15) is 25.0 Å². The molecule has 2 N–H and O–H groups in total. The third kappa shape index (κ3) is 4.31. The van der Waals surface area contributed by atoms with Crippen molar-refractivity contribution in [2.75, 3.05) is 13.1 Å². The average molecular weight is 273 g/mol. The van der Waals surface area contributed by atoms with Crippen molar-refractivity contribution in [3.63, 3.8) is 0 Å². The number of carbonyl (C=O) groups is 1. The molecule has 1 atom stereocenters. The molecule has 0 radical (unpaired) electrons. The number of rotatable bonds is 5. The first-order chi connectivity index (χ1) is 8.25. The molecule has 1 aromatic heterocycles. The number of hydrogen-bond acceptors (Lipinski definition) is 3. The van der Waals surface area contributed by atoms with Gasteiger partial charge in [0.25, 0.3) is 0 Å². The van der Waals surface area contributed by atoms with Gasteiger partial charge in [-0.15, -0.1) is 12.4 Å².